The van der Waals surface area contributed by atoms with Gasteiger partial charge in [-0.05, 0) is 42.8 Å². The summed E-state index contributed by atoms with van der Waals surface area (Å²) in [6, 6.07) is 13.2. The third-order valence-corrected chi connectivity index (χ3v) is 3.68. The summed E-state index contributed by atoms with van der Waals surface area (Å²) in [5.41, 5.74) is 1.38. The average Bonchev–Trinajstić information content (AvgIpc) is 2.97. The van der Waals surface area contributed by atoms with E-state index in [0.29, 0.717) is 11.6 Å². The van der Waals surface area contributed by atoms with Crippen LogP contribution in [0.3, 0.4) is 0 Å². The first-order chi connectivity index (χ1) is 10.2. The summed E-state index contributed by atoms with van der Waals surface area (Å²) in [6.45, 7) is 1.85. The Morgan fingerprint density at radius 3 is 2.71 bits per heavy atom. The molecule has 1 aliphatic heterocycles. The molecule has 0 radical (unpaired) electrons. The van der Waals surface area contributed by atoms with Crippen LogP contribution in [0.25, 0.3) is 0 Å². The molecule has 0 aliphatic carbocycles. The fourth-order valence-corrected chi connectivity index (χ4v) is 2.58. The van der Waals surface area contributed by atoms with Crippen molar-refractivity contribution in [2.45, 2.75) is 12.5 Å². The number of aromatic carboxylic acids is 1. The van der Waals surface area contributed by atoms with Crippen LogP contribution in [0.4, 0.5) is 11.5 Å². The minimum atomic E-state index is -0.891. The largest absolute Gasteiger partial charge is 0.478 e. The molecule has 1 saturated heterocycles. The van der Waals surface area contributed by atoms with Crippen molar-refractivity contribution in [3.63, 3.8) is 0 Å². The molecule has 1 atom stereocenters. The van der Waals surface area contributed by atoms with Gasteiger partial charge in [0.1, 0.15) is 5.82 Å². The molecule has 1 fully saturated rings. The van der Waals surface area contributed by atoms with Crippen LogP contribution < -0.4 is 10.2 Å². The van der Waals surface area contributed by atoms with E-state index >= 15 is 0 Å². The Labute approximate surface area is 123 Å². The molecule has 0 amide bonds. The predicted octanol–water partition coefficient (Wildman–Crippen LogP) is 2.47. The molecule has 0 spiro atoms. The van der Waals surface area contributed by atoms with E-state index in [2.05, 4.69) is 15.2 Å². The summed E-state index contributed by atoms with van der Waals surface area (Å²) in [5.74, 6) is 0.00300. The number of hydrogen-bond donors (Lipinski definition) is 2. The predicted molar refractivity (Wildman–Crippen MR) is 81.9 cm³/mol. The van der Waals surface area contributed by atoms with Gasteiger partial charge in [-0.3, -0.25) is 0 Å². The van der Waals surface area contributed by atoms with Gasteiger partial charge in [-0.25, -0.2) is 9.78 Å². The number of carbonyl (C=O) groups is 1. The van der Waals surface area contributed by atoms with Crippen molar-refractivity contribution in [2.75, 3.05) is 23.3 Å². The highest BCUT2D eigenvalue weighted by atomic mass is 16.4. The van der Waals surface area contributed by atoms with Gasteiger partial charge in [0.25, 0.3) is 0 Å². The Morgan fingerprint density at radius 2 is 2.05 bits per heavy atom. The summed E-state index contributed by atoms with van der Waals surface area (Å²) in [5, 5.41) is 12.3. The topological polar surface area (TPSA) is 65.5 Å². The number of carboxylic acid groups (broad SMARTS) is 1. The molecule has 5 nitrogen and oxygen atoms in total. The van der Waals surface area contributed by atoms with Gasteiger partial charge < -0.3 is 15.3 Å². The van der Waals surface area contributed by atoms with Crippen LogP contribution in [0.2, 0.25) is 0 Å². The van der Waals surface area contributed by atoms with E-state index in [9.17, 15) is 4.79 Å². The summed E-state index contributed by atoms with van der Waals surface area (Å²) < 4.78 is 0. The van der Waals surface area contributed by atoms with Crippen molar-refractivity contribution in [2.24, 2.45) is 0 Å². The lowest BCUT2D eigenvalue weighted by molar-refractivity contribution is 0.0697. The second-order valence-electron chi connectivity index (χ2n) is 5.14. The number of rotatable bonds is 4. The molecule has 5 heteroatoms. The van der Waals surface area contributed by atoms with Gasteiger partial charge in [-0.15, -0.1) is 0 Å². The summed E-state index contributed by atoms with van der Waals surface area (Å²) in [6.07, 6.45) is 2.82. The zero-order valence-corrected chi connectivity index (χ0v) is 11.6. The number of anilines is 2. The molecular weight excluding hydrogens is 266 g/mol. The van der Waals surface area contributed by atoms with E-state index in [1.165, 1.54) is 0 Å². The molecule has 108 valence electrons. The van der Waals surface area contributed by atoms with Crippen LogP contribution in [-0.2, 0) is 0 Å². The molecule has 1 aliphatic rings. The van der Waals surface area contributed by atoms with Crippen molar-refractivity contribution in [3.05, 3.63) is 54.2 Å². The Morgan fingerprint density at radius 1 is 1.24 bits per heavy atom. The number of nitrogens with one attached hydrogen (secondary N) is 1. The van der Waals surface area contributed by atoms with Crippen LogP contribution in [0.1, 0.15) is 16.8 Å². The number of benzene rings is 1. The molecule has 0 saturated carbocycles. The molecule has 2 aromatic rings. The summed E-state index contributed by atoms with van der Waals surface area (Å²) >= 11 is 0. The number of hydrogen-bond acceptors (Lipinski definition) is 4. The highest BCUT2D eigenvalue weighted by molar-refractivity contribution is 5.88. The maximum Gasteiger partial charge on any atom is 0.335 e. The number of pyridine rings is 1. The summed E-state index contributed by atoms with van der Waals surface area (Å²) in [4.78, 5) is 17.4. The van der Waals surface area contributed by atoms with E-state index in [1.54, 1.807) is 18.3 Å². The van der Waals surface area contributed by atoms with Crippen molar-refractivity contribution in [1.29, 1.82) is 0 Å². The van der Waals surface area contributed by atoms with E-state index in [4.69, 9.17) is 5.11 Å². The van der Waals surface area contributed by atoms with Crippen molar-refractivity contribution in [1.82, 2.24) is 4.98 Å². The SMILES string of the molecule is O=C(O)c1ccc(N2CCC(Nc3ccccn3)C2)cc1. The van der Waals surface area contributed by atoms with E-state index in [-0.39, 0.29) is 0 Å². The quantitative estimate of drug-likeness (QED) is 0.902. The average molecular weight is 283 g/mol. The third kappa shape index (κ3) is 3.13. The first-order valence-corrected chi connectivity index (χ1v) is 6.98. The van der Waals surface area contributed by atoms with Gasteiger partial charge in [0.05, 0.1) is 5.56 Å². The number of nitrogens with zero attached hydrogens (tertiary/aromatic N) is 2. The van der Waals surface area contributed by atoms with Gasteiger partial charge in [-0.2, -0.15) is 0 Å². The lowest BCUT2D eigenvalue weighted by atomic mass is 10.2. The Bertz CT molecular complexity index is 613. The molecule has 3 rings (SSSR count). The molecule has 1 aromatic carbocycles. The van der Waals surface area contributed by atoms with E-state index in [0.717, 1.165) is 31.0 Å². The molecule has 21 heavy (non-hydrogen) atoms. The van der Waals surface area contributed by atoms with Crippen molar-refractivity contribution < 1.29 is 9.90 Å². The van der Waals surface area contributed by atoms with Crippen LogP contribution >= 0.6 is 0 Å². The number of aromatic nitrogens is 1. The molecular formula is C16H17N3O2. The lowest BCUT2D eigenvalue weighted by Gasteiger charge is -2.19. The Hall–Kier alpha value is -2.56. The fraction of sp³-hybridized carbons (Fsp3) is 0.250. The number of carboxylic acids is 1. The van der Waals surface area contributed by atoms with Crippen molar-refractivity contribution in [3.8, 4) is 0 Å². The van der Waals surface area contributed by atoms with Gasteiger partial charge in [0.15, 0.2) is 0 Å². The normalized spacial score (nSPS) is 17.7. The maximum atomic E-state index is 10.9. The van der Waals surface area contributed by atoms with Gasteiger partial charge in [0.2, 0.25) is 0 Å². The highest BCUT2D eigenvalue weighted by Crippen LogP contribution is 2.22. The highest BCUT2D eigenvalue weighted by Gasteiger charge is 2.22. The van der Waals surface area contributed by atoms with Gasteiger partial charge in [-0.1, -0.05) is 6.07 Å². The Balaban J connectivity index is 1.62. The second kappa shape index (κ2) is 5.83. The van der Waals surface area contributed by atoms with E-state index < -0.39 is 5.97 Å². The van der Waals surface area contributed by atoms with Gasteiger partial charge >= 0.3 is 5.97 Å². The molecule has 0 bridgehead atoms. The van der Waals surface area contributed by atoms with Crippen LogP contribution in [0.5, 0.6) is 0 Å². The Kier molecular flexibility index (Phi) is 3.73. The maximum absolute atomic E-state index is 10.9. The molecule has 1 aromatic heterocycles. The monoisotopic (exact) mass is 283 g/mol. The van der Waals surface area contributed by atoms with Crippen LogP contribution in [-0.4, -0.2) is 35.2 Å². The third-order valence-electron chi connectivity index (χ3n) is 3.68. The van der Waals surface area contributed by atoms with Gasteiger partial charge in [0, 0.05) is 31.0 Å². The minimum absolute atomic E-state index is 0.320. The first kappa shape index (κ1) is 13.4. The minimum Gasteiger partial charge on any atom is -0.478 e. The zero-order valence-electron chi connectivity index (χ0n) is 11.6. The summed E-state index contributed by atoms with van der Waals surface area (Å²) in [7, 11) is 0. The van der Waals surface area contributed by atoms with Crippen LogP contribution in [0, 0.1) is 0 Å². The first-order valence-electron chi connectivity index (χ1n) is 6.98. The fourth-order valence-electron chi connectivity index (χ4n) is 2.58. The molecule has 2 heterocycles. The lowest BCUT2D eigenvalue weighted by Crippen LogP contribution is -2.26. The standard InChI is InChI=1S/C16H17N3O2/c20-16(21)12-4-6-14(7-5-12)19-10-8-13(11-19)18-15-3-1-2-9-17-15/h1-7,9,13H,8,10-11H2,(H,17,18)(H,20,21). The smallest absolute Gasteiger partial charge is 0.335 e. The van der Waals surface area contributed by atoms with Crippen molar-refractivity contribution >= 4 is 17.5 Å². The second-order valence-corrected chi connectivity index (χ2v) is 5.14. The zero-order chi connectivity index (χ0) is 14.7. The molecule has 2 N–H and O–H groups in total. The molecule has 1 unspecified atom stereocenters. The van der Waals surface area contributed by atoms with Crippen LogP contribution in [0.15, 0.2) is 48.7 Å². The van der Waals surface area contributed by atoms with E-state index in [1.807, 2.05) is 30.3 Å².